The number of fused-ring (bicyclic) bond motifs is 5. The monoisotopic (exact) mass is 963 g/mol. The maximum Gasteiger partial charge on any atom is 0.187 e. The standard InChI is InChI=1S/C48H82O19/c1-21-30(53)33(56)36(59)40(62-21)66-38-35(58)32(55)26(20-50)65-42(38)63-24-18-47(8)27(45(6)15-12-28(52)44(4,5)39(24)45)17-23(51)29-22(11-16-46(29,47)7)48(9,14-10-13-43(2,3)61)67-41-37(60)34(57)31(54)25(19-49)64-41/h10,13,21-42,49-61H,11-12,14-20H2,1-9H3/b13-10+/t21?,22?,23?,24?,25-,26-,27?,28?,29?,30+,31?,32?,33?,34+,35+,36?,37?,38?,39?,40+,41+,42-,45?,46?,47?,48?/m1/s1. The van der Waals surface area contributed by atoms with Gasteiger partial charge in [0, 0.05) is 0 Å². The van der Waals surface area contributed by atoms with E-state index in [1.54, 1.807) is 26.0 Å². The van der Waals surface area contributed by atoms with Gasteiger partial charge in [-0.2, -0.15) is 0 Å². The Balaban J connectivity index is 1.28. The van der Waals surface area contributed by atoms with Crippen molar-refractivity contribution in [2.24, 2.45) is 45.3 Å². The first-order valence-electron chi connectivity index (χ1n) is 24.4. The summed E-state index contributed by atoms with van der Waals surface area (Å²) in [6.45, 7) is 15.8. The van der Waals surface area contributed by atoms with Gasteiger partial charge in [0.2, 0.25) is 0 Å². The summed E-state index contributed by atoms with van der Waals surface area (Å²) in [4.78, 5) is 0. The summed E-state index contributed by atoms with van der Waals surface area (Å²) in [7, 11) is 0. The number of rotatable bonds is 12. The lowest BCUT2D eigenvalue weighted by Gasteiger charge is -2.72. The van der Waals surface area contributed by atoms with Gasteiger partial charge in [-0.1, -0.05) is 46.8 Å². The van der Waals surface area contributed by atoms with E-state index in [-0.39, 0.29) is 12.3 Å². The molecular weight excluding hydrogens is 881 g/mol. The molecule has 0 amide bonds. The Morgan fingerprint density at radius 3 is 1.85 bits per heavy atom. The highest BCUT2D eigenvalue weighted by Gasteiger charge is 2.74. The zero-order chi connectivity index (χ0) is 49.7. The van der Waals surface area contributed by atoms with Gasteiger partial charge in [-0.05, 0) is 118 Å². The molecule has 0 bridgehead atoms. The molecule has 0 aromatic rings. The van der Waals surface area contributed by atoms with Crippen LogP contribution in [0, 0.1) is 45.3 Å². The van der Waals surface area contributed by atoms with E-state index in [0.717, 1.165) is 0 Å². The maximum atomic E-state index is 12.7. The number of ether oxygens (including phenoxy) is 6. The van der Waals surface area contributed by atoms with Crippen molar-refractivity contribution in [2.75, 3.05) is 13.2 Å². The fourth-order valence-corrected chi connectivity index (χ4v) is 14.8. The first-order chi connectivity index (χ1) is 31.0. The number of hydrogen-bond donors (Lipinski definition) is 13. The lowest BCUT2D eigenvalue weighted by molar-refractivity contribution is -0.382. The third-order valence-electron chi connectivity index (χ3n) is 18.5. The van der Waals surface area contributed by atoms with E-state index in [4.69, 9.17) is 28.4 Å². The average molecular weight is 963 g/mol. The van der Waals surface area contributed by atoms with Crippen LogP contribution in [0.2, 0.25) is 0 Å². The van der Waals surface area contributed by atoms with Crippen molar-refractivity contribution in [3.63, 3.8) is 0 Å². The Hall–Kier alpha value is -1.02. The van der Waals surface area contributed by atoms with Crippen molar-refractivity contribution in [2.45, 2.75) is 229 Å². The van der Waals surface area contributed by atoms with Gasteiger partial charge in [-0.15, -0.1) is 0 Å². The molecule has 13 N–H and O–H groups in total. The van der Waals surface area contributed by atoms with Crippen LogP contribution in [0.3, 0.4) is 0 Å². The molecule has 3 heterocycles. The van der Waals surface area contributed by atoms with Gasteiger partial charge < -0.3 is 94.8 Å². The Bertz CT molecular complexity index is 1730. The Morgan fingerprint density at radius 2 is 1.24 bits per heavy atom. The zero-order valence-electron chi connectivity index (χ0n) is 40.5. The average Bonchev–Trinajstić information content (AvgIpc) is 3.64. The van der Waals surface area contributed by atoms with Crippen LogP contribution >= 0.6 is 0 Å². The molecule has 3 aliphatic heterocycles. The SMILES string of the molecule is CC1O[C@@H](OC2[C@H](OC3CC4(C)C(CC(O)C5C(C(C)(C/C=C/C(C)(C)O)O[C@@H]6O[C@H](CO)C(O)[C@H](O)C6O)CCC54C)C4(C)CCC(O)C(C)(C)C34)O[C@H](CO)C(O)[C@@H]2O)C(O)C(O)[C@H]1O. The van der Waals surface area contributed by atoms with Crippen molar-refractivity contribution in [1.29, 1.82) is 0 Å². The number of aliphatic hydroxyl groups excluding tert-OH is 12. The smallest absolute Gasteiger partial charge is 0.187 e. The maximum absolute atomic E-state index is 12.7. The van der Waals surface area contributed by atoms with E-state index in [9.17, 15) is 66.4 Å². The van der Waals surface area contributed by atoms with Gasteiger partial charge in [0.15, 0.2) is 18.9 Å². The van der Waals surface area contributed by atoms with Crippen LogP contribution in [0.15, 0.2) is 12.2 Å². The second-order valence-electron chi connectivity index (χ2n) is 23.5. The van der Waals surface area contributed by atoms with Crippen LogP contribution in [-0.2, 0) is 28.4 Å². The molecule has 7 aliphatic rings. The molecule has 19 nitrogen and oxygen atoms in total. The van der Waals surface area contributed by atoms with Crippen molar-refractivity contribution < 1.29 is 94.8 Å². The van der Waals surface area contributed by atoms with Crippen LogP contribution in [-0.4, -0.2) is 201 Å². The van der Waals surface area contributed by atoms with Gasteiger partial charge in [0.1, 0.15) is 67.1 Å². The molecular formula is C48H82O19. The third kappa shape index (κ3) is 9.13. The summed E-state index contributed by atoms with van der Waals surface area (Å²) >= 11 is 0. The van der Waals surface area contributed by atoms with E-state index in [1.807, 2.05) is 20.8 Å². The first kappa shape index (κ1) is 53.8. The lowest BCUT2D eigenvalue weighted by atomic mass is 9.34. The highest BCUT2D eigenvalue weighted by molar-refractivity contribution is 5.22. The molecule has 0 spiro atoms. The summed E-state index contributed by atoms with van der Waals surface area (Å²) in [5, 5.41) is 143. The number of hydrogen-bond acceptors (Lipinski definition) is 19. The Kier molecular flexibility index (Phi) is 15.3. The van der Waals surface area contributed by atoms with Crippen LogP contribution in [0.4, 0.5) is 0 Å². The van der Waals surface area contributed by atoms with Crippen molar-refractivity contribution in [3.8, 4) is 0 Å². The van der Waals surface area contributed by atoms with Gasteiger partial charge in [-0.25, -0.2) is 0 Å². The van der Waals surface area contributed by atoms with Gasteiger partial charge >= 0.3 is 0 Å². The fourth-order valence-electron chi connectivity index (χ4n) is 14.8. The van der Waals surface area contributed by atoms with Crippen LogP contribution in [0.5, 0.6) is 0 Å². The minimum absolute atomic E-state index is 0.128. The Labute approximate surface area is 393 Å². The first-order valence-corrected chi connectivity index (χ1v) is 24.4. The molecule has 19 heteroatoms. The van der Waals surface area contributed by atoms with Crippen LogP contribution in [0.1, 0.15) is 107 Å². The van der Waals surface area contributed by atoms with E-state index >= 15 is 0 Å². The quantitative estimate of drug-likeness (QED) is 0.0819. The predicted molar refractivity (Wildman–Crippen MR) is 235 cm³/mol. The Morgan fingerprint density at radius 1 is 0.657 bits per heavy atom. The molecule has 4 saturated carbocycles. The molecule has 0 aromatic heterocycles. The minimum atomic E-state index is -1.77. The van der Waals surface area contributed by atoms with E-state index in [2.05, 4.69) is 20.8 Å². The van der Waals surface area contributed by atoms with Gasteiger partial charge in [0.25, 0.3) is 0 Å². The summed E-state index contributed by atoms with van der Waals surface area (Å²) in [6.07, 6.45) is -18.8. The molecule has 67 heavy (non-hydrogen) atoms. The fraction of sp³-hybridized carbons (Fsp3) is 0.958. The van der Waals surface area contributed by atoms with Crippen LogP contribution in [0.25, 0.3) is 0 Å². The molecule has 0 aromatic carbocycles. The highest BCUT2D eigenvalue weighted by Crippen LogP contribution is 2.76. The minimum Gasteiger partial charge on any atom is -0.394 e. The van der Waals surface area contributed by atoms with Crippen molar-refractivity contribution in [1.82, 2.24) is 0 Å². The van der Waals surface area contributed by atoms with Crippen LogP contribution < -0.4 is 0 Å². The zero-order valence-corrected chi connectivity index (χ0v) is 40.5. The van der Waals surface area contributed by atoms with Gasteiger partial charge in [0.05, 0.1) is 48.8 Å². The third-order valence-corrected chi connectivity index (χ3v) is 18.5. The van der Waals surface area contributed by atoms with Gasteiger partial charge in [-0.3, -0.25) is 0 Å². The highest BCUT2D eigenvalue weighted by atomic mass is 16.8. The van der Waals surface area contributed by atoms with Crippen molar-refractivity contribution >= 4 is 0 Å². The summed E-state index contributed by atoms with van der Waals surface area (Å²) in [5.41, 5.74) is -5.06. The molecule has 388 valence electrons. The normalized spacial score (nSPS) is 53.4. The topological polar surface area (TPSA) is 318 Å². The molecule has 18 unspecified atom stereocenters. The van der Waals surface area contributed by atoms with E-state index < -0.39 is 174 Å². The van der Waals surface area contributed by atoms with Crippen molar-refractivity contribution in [3.05, 3.63) is 12.2 Å². The van der Waals surface area contributed by atoms with E-state index in [1.165, 1.54) is 6.92 Å². The number of aliphatic hydroxyl groups is 13. The molecule has 3 saturated heterocycles. The second-order valence-corrected chi connectivity index (χ2v) is 23.5. The predicted octanol–water partition coefficient (Wildman–Crippen LogP) is -1.06. The summed E-state index contributed by atoms with van der Waals surface area (Å²) < 4.78 is 37.9. The molecule has 26 atom stereocenters. The summed E-state index contributed by atoms with van der Waals surface area (Å²) in [5.74, 6) is -1.39. The molecule has 0 radical (unpaired) electrons. The largest absolute Gasteiger partial charge is 0.394 e. The lowest BCUT2D eigenvalue weighted by Crippen LogP contribution is -2.71. The molecule has 7 fully saturated rings. The molecule has 4 aliphatic carbocycles. The van der Waals surface area contributed by atoms with E-state index in [0.29, 0.717) is 38.5 Å². The summed E-state index contributed by atoms with van der Waals surface area (Å²) in [6, 6.07) is 0. The second kappa shape index (κ2) is 19.1. The molecule has 7 rings (SSSR count).